The van der Waals surface area contributed by atoms with E-state index in [0.717, 1.165) is 38.4 Å². The number of rotatable bonds is 11. The molecule has 1 rings (SSSR count). The number of carbonyl (C=O) groups excluding carboxylic acids is 1. The van der Waals surface area contributed by atoms with Gasteiger partial charge in [0.25, 0.3) is 0 Å². The van der Waals surface area contributed by atoms with Crippen LogP contribution in [-0.2, 0) is 9.53 Å². The highest BCUT2D eigenvalue weighted by molar-refractivity contribution is 5.75. The van der Waals surface area contributed by atoms with Crippen molar-refractivity contribution in [3.8, 4) is 0 Å². The van der Waals surface area contributed by atoms with Crippen LogP contribution in [-0.4, -0.2) is 49.7 Å². The van der Waals surface area contributed by atoms with E-state index in [-0.39, 0.29) is 12.0 Å². The first-order valence-electron chi connectivity index (χ1n) is 7.83. The summed E-state index contributed by atoms with van der Waals surface area (Å²) >= 11 is 0. The summed E-state index contributed by atoms with van der Waals surface area (Å²) in [6.07, 6.45) is 4.65. The van der Waals surface area contributed by atoms with Crippen LogP contribution < -0.4 is 5.32 Å². The third kappa shape index (κ3) is 6.92. The van der Waals surface area contributed by atoms with Gasteiger partial charge < -0.3 is 15.0 Å². The molecule has 0 radical (unpaired) electrons. The second-order valence-electron chi connectivity index (χ2n) is 5.38. The molecule has 0 aromatic carbocycles. The van der Waals surface area contributed by atoms with Crippen LogP contribution in [0.1, 0.15) is 46.5 Å². The van der Waals surface area contributed by atoms with Gasteiger partial charge in [-0.15, -0.1) is 0 Å². The number of carbonyl (C=O) groups is 1. The van der Waals surface area contributed by atoms with Crippen LogP contribution >= 0.6 is 0 Å². The summed E-state index contributed by atoms with van der Waals surface area (Å²) in [7, 11) is 0. The van der Waals surface area contributed by atoms with Crippen LogP contribution in [0.25, 0.3) is 0 Å². The Bertz CT molecular complexity index is 255. The minimum Gasteiger partial charge on any atom is -0.465 e. The van der Waals surface area contributed by atoms with Crippen molar-refractivity contribution in [3.05, 3.63) is 0 Å². The van der Waals surface area contributed by atoms with Gasteiger partial charge in [0, 0.05) is 13.1 Å². The molecule has 1 aliphatic rings. The van der Waals surface area contributed by atoms with E-state index >= 15 is 0 Å². The molecule has 0 heterocycles. The molecule has 112 valence electrons. The van der Waals surface area contributed by atoms with Crippen molar-refractivity contribution < 1.29 is 9.53 Å². The van der Waals surface area contributed by atoms with E-state index < -0.39 is 0 Å². The lowest BCUT2D eigenvalue weighted by Gasteiger charge is -2.23. The number of hydrogen-bond donors (Lipinski definition) is 1. The smallest absolute Gasteiger partial charge is 0.323 e. The van der Waals surface area contributed by atoms with Gasteiger partial charge in [-0.3, -0.25) is 4.79 Å². The molecule has 0 aliphatic heterocycles. The summed E-state index contributed by atoms with van der Waals surface area (Å²) in [4.78, 5) is 14.3. The van der Waals surface area contributed by atoms with Crippen LogP contribution in [0.2, 0.25) is 0 Å². The Morgan fingerprint density at radius 3 is 2.63 bits per heavy atom. The van der Waals surface area contributed by atoms with Crippen molar-refractivity contribution in [2.24, 2.45) is 5.92 Å². The van der Waals surface area contributed by atoms with Gasteiger partial charge in [0.15, 0.2) is 0 Å². The molecule has 1 fully saturated rings. The zero-order chi connectivity index (χ0) is 14.1. The molecule has 0 aromatic rings. The second kappa shape index (κ2) is 9.32. The Morgan fingerprint density at radius 2 is 2.11 bits per heavy atom. The summed E-state index contributed by atoms with van der Waals surface area (Å²) in [5.74, 6) is 0.808. The van der Waals surface area contributed by atoms with Gasteiger partial charge in [-0.2, -0.15) is 0 Å². The average Bonchev–Trinajstić information content (AvgIpc) is 3.21. The predicted molar refractivity (Wildman–Crippen MR) is 78.2 cm³/mol. The molecule has 0 spiro atoms. The monoisotopic (exact) mass is 270 g/mol. The van der Waals surface area contributed by atoms with Gasteiger partial charge in [-0.1, -0.05) is 13.8 Å². The van der Waals surface area contributed by atoms with Crippen molar-refractivity contribution >= 4 is 5.97 Å². The maximum atomic E-state index is 11.9. The molecule has 0 aromatic heterocycles. The first-order valence-corrected chi connectivity index (χ1v) is 7.83. The van der Waals surface area contributed by atoms with E-state index in [4.69, 9.17) is 4.74 Å². The van der Waals surface area contributed by atoms with Gasteiger partial charge in [0.2, 0.25) is 0 Å². The maximum absolute atomic E-state index is 11.9. The van der Waals surface area contributed by atoms with E-state index in [1.807, 2.05) is 6.92 Å². The van der Waals surface area contributed by atoms with Crippen LogP contribution in [0.3, 0.4) is 0 Å². The Kier molecular flexibility index (Phi) is 8.07. The van der Waals surface area contributed by atoms with E-state index in [1.54, 1.807) is 0 Å². The molecule has 0 amide bonds. The normalized spacial score (nSPS) is 16.6. The quantitative estimate of drug-likeness (QED) is 0.583. The first-order chi connectivity index (χ1) is 9.21. The molecule has 0 bridgehead atoms. The molecule has 19 heavy (non-hydrogen) atoms. The van der Waals surface area contributed by atoms with Gasteiger partial charge in [0.1, 0.15) is 6.04 Å². The van der Waals surface area contributed by atoms with E-state index in [1.165, 1.54) is 19.4 Å². The molecular weight excluding hydrogens is 240 g/mol. The van der Waals surface area contributed by atoms with Crippen LogP contribution in [0.5, 0.6) is 0 Å². The van der Waals surface area contributed by atoms with Crippen molar-refractivity contribution in [3.63, 3.8) is 0 Å². The molecule has 1 N–H and O–H groups in total. The second-order valence-corrected chi connectivity index (χ2v) is 5.38. The van der Waals surface area contributed by atoms with Crippen molar-refractivity contribution in [1.82, 2.24) is 10.2 Å². The van der Waals surface area contributed by atoms with Gasteiger partial charge in [-0.25, -0.2) is 0 Å². The largest absolute Gasteiger partial charge is 0.465 e. The Hall–Kier alpha value is -0.610. The number of nitrogens with zero attached hydrogens (tertiary/aromatic N) is 1. The SMILES string of the molecule is CCCNC(CCN(CC)CC1CC1)C(=O)OCC. The van der Waals surface area contributed by atoms with Crippen LogP contribution in [0, 0.1) is 5.92 Å². The van der Waals surface area contributed by atoms with Gasteiger partial charge in [-0.05, 0) is 51.6 Å². The van der Waals surface area contributed by atoms with E-state index in [9.17, 15) is 4.79 Å². The third-order valence-corrected chi connectivity index (χ3v) is 3.61. The maximum Gasteiger partial charge on any atom is 0.323 e. The third-order valence-electron chi connectivity index (χ3n) is 3.61. The lowest BCUT2D eigenvalue weighted by Crippen LogP contribution is -2.41. The number of ether oxygens (including phenoxy) is 1. The summed E-state index contributed by atoms with van der Waals surface area (Å²) in [5, 5.41) is 3.30. The molecule has 1 saturated carbocycles. The Balaban J connectivity index is 2.33. The molecule has 1 unspecified atom stereocenters. The lowest BCUT2D eigenvalue weighted by molar-refractivity contribution is -0.145. The standard InChI is InChI=1S/C15H30N2O2/c1-4-10-16-14(15(18)19-6-3)9-11-17(5-2)12-13-7-8-13/h13-14,16H,4-12H2,1-3H3. The molecular formula is C15H30N2O2. The zero-order valence-corrected chi connectivity index (χ0v) is 12.8. The number of nitrogens with one attached hydrogen (secondary N) is 1. The van der Waals surface area contributed by atoms with Gasteiger partial charge in [0.05, 0.1) is 6.61 Å². The fourth-order valence-electron chi connectivity index (χ4n) is 2.22. The molecule has 1 atom stereocenters. The van der Waals surface area contributed by atoms with Crippen LogP contribution in [0.4, 0.5) is 0 Å². The van der Waals surface area contributed by atoms with Gasteiger partial charge >= 0.3 is 5.97 Å². The zero-order valence-electron chi connectivity index (χ0n) is 12.8. The topological polar surface area (TPSA) is 41.6 Å². The highest BCUT2D eigenvalue weighted by Crippen LogP contribution is 2.29. The summed E-state index contributed by atoms with van der Waals surface area (Å²) in [6, 6.07) is -0.145. The lowest BCUT2D eigenvalue weighted by atomic mass is 10.2. The molecule has 1 aliphatic carbocycles. The highest BCUT2D eigenvalue weighted by atomic mass is 16.5. The van der Waals surface area contributed by atoms with Crippen molar-refractivity contribution in [2.45, 2.75) is 52.5 Å². The molecule has 0 saturated heterocycles. The molecule has 4 heteroatoms. The van der Waals surface area contributed by atoms with Crippen LogP contribution in [0.15, 0.2) is 0 Å². The Morgan fingerprint density at radius 1 is 1.37 bits per heavy atom. The summed E-state index contributed by atoms with van der Waals surface area (Å²) < 4.78 is 5.14. The minimum atomic E-state index is -0.145. The molecule has 4 nitrogen and oxygen atoms in total. The fourth-order valence-corrected chi connectivity index (χ4v) is 2.22. The Labute approximate surface area is 117 Å². The number of hydrogen-bond acceptors (Lipinski definition) is 4. The number of esters is 1. The summed E-state index contributed by atoms with van der Waals surface area (Å²) in [5.41, 5.74) is 0. The van der Waals surface area contributed by atoms with Crippen molar-refractivity contribution in [2.75, 3.05) is 32.8 Å². The first kappa shape index (κ1) is 16.4. The average molecular weight is 270 g/mol. The fraction of sp³-hybridized carbons (Fsp3) is 0.933. The summed E-state index contributed by atoms with van der Waals surface area (Å²) in [6.45, 7) is 10.7. The van der Waals surface area contributed by atoms with E-state index in [0.29, 0.717) is 6.61 Å². The van der Waals surface area contributed by atoms with Crippen molar-refractivity contribution in [1.29, 1.82) is 0 Å². The minimum absolute atomic E-state index is 0.0987. The van der Waals surface area contributed by atoms with E-state index in [2.05, 4.69) is 24.1 Å². The highest BCUT2D eigenvalue weighted by Gasteiger charge is 2.25. The predicted octanol–water partition coefficient (Wildman–Crippen LogP) is 2.04.